The number of amides is 1. The number of para-hydroxylation sites is 1. The number of imidazole rings is 1. The number of aromatic amines is 1. The summed E-state index contributed by atoms with van der Waals surface area (Å²) < 4.78 is 7.60. The summed E-state index contributed by atoms with van der Waals surface area (Å²) in [6.45, 7) is 0.481. The molecule has 0 atom stereocenters. The highest BCUT2D eigenvalue weighted by Gasteiger charge is 2.14. The zero-order chi connectivity index (χ0) is 20.3. The van der Waals surface area contributed by atoms with Crippen molar-refractivity contribution in [1.82, 2.24) is 24.4 Å². The number of methoxy groups -OCH3 is 1. The van der Waals surface area contributed by atoms with E-state index in [2.05, 4.69) is 15.3 Å². The van der Waals surface area contributed by atoms with Gasteiger partial charge in [-0.25, -0.2) is 9.78 Å². The van der Waals surface area contributed by atoms with Gasteiger partial charge in [0, 0.05) is 20.6 Å². The van der Waals surface area contributed by atoms with E-state index in [1.807, 2.05) is 24.3 Å². The van der Waals surface area contributed by atoms with Crippen LogP contribution in [0.3, 0.4) is 0 Å². The maximum atomic E-state index is 12.2. The van der Waals surface area contributed by atoms with Gasteiger partial charge < -0.3 is 15.0 Å². The monoisotopic (exact) mass is 403 g/mol. The molecule has 0 saturated carbocycles. The van der Waals surface area contributed by atoms with E-state index >= 15 is 0 Å². The molecule has 0 radical (unpaired) electrons. The fraction of sp³-hybridized carbons (Fsp3) is 0.333. The number of H-pyrrole nitrogens is 1. The van der Waals surface area contributed by atoms with Crippen molar-refractivity contribution in [3.8, 4) is 5.75 Å². The number of fused-ring (bicyclic) bond motifs is 1. The van der Waals surface area contributed by atoms with Gasteiger partial charge in [0.05, 0.1) is 12.9 Å². The number of ether oxygens (including phenoxy) is 1. The zero-order valence-electron chi connectivity index (χ0n) is 15.8. The van der Waals surface area contributed by atoms with E-state index in [1.54, 1.807) is 14.2 Å². The Kier molecular flexibility index (Phi) is 5.88. The minimum absolute atomic E-state index is 0.139. The molecule has 10 heteroatoms. The maximum Gasteiger partial charge on any atom is 0.332 e. The molecule has 0 aliphatic rings. The average Bonchev–Trinajstić information content (AvgIpc) is 3.14. The van der Waals surface area contributed by atoms with Crippen LogP contribution in [0.15, 0.2) is 39.0 Å². The quantitative estimate of drug-likeness (QED) is 0.553. The lowest BCUT2D eigenvalue weighted by atomic mass is 10.1. The summed E-state index contributed by atoms with van der Waals surface area (Å²) in [5, 5.41) is 3.26. The first-order chi connectivity index (χ1) is 13.4. The topological polar surface area (TPSA) is 111 Å². The van der Waals surface area contributed by atoms with Crippen LogP contribution in [-0.2, 0) is 25.3 Å². The third-order valence-corrected chi connectivity index (χ3v) is 5.20. The van der Waals surface area contributed by atoms with Crippen molar-refractivity contribution in [3.05, 3.63) is 50.7 Å². The Morgan fingerprint density at radius 1 is 1.25 bits per heavy atom. The summed E-state index contributed by atoms with van der Waals surface area (Å²) in [6, 6.07) is 7.66. The molecule has 1 aromatic carbocycles. The standard InChI is InChI=1S/C18H21N5O4S/c1-22-15-14(16(25)23(2)18(22)26)20-17(21-15)28-10-13(24)19-9-8-11-6-4-5-7-12(11)27-3/h4-7H,8-10H2,1-3H3,(H,19,24)(H,20,21). The molecule has 3 aromatic rings. The van der Waals surface area contributed by atoms with Gasteiger partial charge in [0.15, 0.2) is 16.3 Å². The highest BCUT2D eigenvalue weighted by atomic mass is 32.2. The molecule has 2 aromatic heterocycles. The lowest BCUT2D eigenvalue weighted by Gasteiger charge is -2.08. The smallest absolute Gasteiger partial charge is 0.332 e. The predicted molar refractivity (Wildman–Crippen MR) is 107 cm³/mol. The molecule has 0 fully saturated rings. The van der Waals surface area contributed by atoms with Gasteiger partial charge in [-0.1, -0.05) is 30.0 Å². The first-order valence-electron chi connectivity index (χ1n) is 8.59. The average molecular weight is 403 g/mol. The predicted octanol–water partition coefficient (Wildman–Crippen LogP) is 0.420. The van der Waals surface area contributed by atoms with Crippen molar-refractivity contribution in [2.45, 2.75) is 11.6 Å². The van der Waals surface area contributed by atoms with Crippen LogP contribution in [0.4, 0.5) is 0 Å². The SMILES string of the molecule is COc1ccccc1CCNC(=O)CSc1nc2c([nH]1)c(=O)n(C)c(=O)n2C. The Balaban J connectivity index is 1.59. The van der Waals surface area contributed by atoms with E-state index in [0.717, 1.165) is 15.9 Å². The number of aromatic nitrogens is 4. The Bertz CT molecular complexity index is 1130. The number of carbonyl (C=O) groups excluding carboxylic acids is 1. The van der Waals surface area contributed by atoms with Crippen molar-refractivity contribution in [2.75, 3.05) is 19.4 Å². The summed E-state index contributed by atoms with van der Waals surface area (Å²) in [4.78, 5) is 43.4. The lowest BCUT2D eigenvalue weighted by Crippen LogP contribution is -2.36. The van der Waals surface area contributed by atoms with Crippen LogP contribution in [0.2, 0.25) is 0 Å². The van der Waals surface area contributed by atoms with E-state index in [9.17, 15) is 14.4 Å². The van der Waals surface area contributed by atoms with Crippen molar-refractivity contribution < 1.29 is 9.53 Å². The van der Waals surface area contributed by atoms with Crippen molar-refractivity contribution in [2.24, 2.45) is 14.1 Å². The van der Waals surface area contributed by atoms with Gasteiger partial charge in [0.2, 0.25) is 5.91 Å². The number of nitrogens with one attached hydrogen (secondary N) is 2. The molecule has 0 aliphatic carbocycles. The number of hydrogen-bond donors (Lipinski definition) is 2. The van der Waals surface area contributed by atoms with Crippen LogP contribution in [0, 0.1) is 0 Å². The summed E-state index contributed by atoms with van der Waals surface area (Å²) in [5.41, 5.74) is 0.635. The Morgan fingerprint density at radius 2 is 2.00 bits per heavy atom. The largest absolute Gasteiger partial charge is 0.496 e. The summed E-state index contributed by atoms with van der Waals surface area (Å²) in [7, 11) is 4.57. The van der Waals surface area contributed by atoms with Crippen LogP contribution < -0.4 is 21.3 Å². The van der Waals surface area contributed by atoms with Crippen molar-refractivity contribution in [1.29, 1.82) is 0 Å². The third-order valence-electron chi connectivity index (χ3n) is 4.32. The molecule has 2 heterocycles. The summed E-state index contributed by atoms with van der Waals surface area (Å²) >= 11 is 1.17. The number of hydrogen-bond acceptors (Lipinski definition) is 6. The van der Waals surface area contributed by atoms with Crippen LogP contribution in [0.1, 0.15) is 5.56 Å². The molecule has 148 valence electrons. The van der Waals surface area contributed by atoms with Gasteiger partial charge in [-0.3, -0.25) is 18.7 Å². The van der Waals surface area contributed by atoms with Crippen LogP contribution in [-0.4, -0.2) is 44.4 Å². The molecular weight excluding hydrogens is 382 g/mol. The second kappa shape index (κ2) is 8.34. The molecule has 0 unspecified atom stereocenters. The number of carbonyl (C=O) groups is 1. The van der Waals surface area contributed by atoms with Gasteiger partial charge in [0.1, 0.15) is 5.75 Å². The van der Waals surface area contributed by atoms with Gasteiger partial charge in [-0.2, -0.15) is 0 Å². The molecular formula is C18H21N5O4S. The molecule has 2 N–H and O–H groups in total. The van der Waals surface area contributed by atoms with E-state index in [-0.39, 0.29) is 22.8 Å². The van der Waals surface area contributed by atoms with Crippen LogP contribution >= 0.6 is 11.8 Å². The first kappa shape index (κ1) is 19.7. The highest BCUT2D eigenvalue weighted by Crippen LogP contribution is 2.18. The molecule has 0 spiro atoms. The molecule has 1 amide bonds. The molecule has 9 nitrogen and oxygen atoms in total. The normalized spacial score (nSPS) is 11.0. The van der Waals surface area contributed by atoms with Gasteiger partial charge in [-0.05, 0) is 18.1 Å². The van der Waals surface area contributed by atoms with Gasteiger partial charge in [0.25, 0.3) is 5.56 Å². The number of aryl methyl sites for hydroxylation is 1. The van der Waals surface area contributed by atoms with E-state index < -0.39 is 11.2 Å². The molecule has 28 heavy (non-hydrogen) atoms. The Labute approximate surface area is 164 Å². The first-order valence-corrected chi connectivity index (χ1v) is 9.58. The summed E-state index contributed by atoms with van der Waals surface area (Å²) in [5.74, 6) is 0.780. The number of rotatable bonds is 7. The van der Waals surface area contributed by atoms with E-state index in [1.165, 1.54) is 23.4 Å². The zero-order valence-corrected chi connectivity index (χ0v) is 16.6. The summed E-state index contributed by atoms with van der Waals surface area (Å²) in [6.07, 6.45) is 0.656. The molecule has 3 rings (SSSR count). The van der Waals surface area contributed by atoms with Crippen LogP contribution in [0.5, 0.6) is 5.75 Å². The molecule has 0 bridgehead atoms. The van der Waals surface area contributed by atoms with Gasteiger partial charge >= 0.3 is 5.69 Å². The fourth-order valence-electron chi connectivity index (χ4n) is 2.80. The highest BCUT2D eigenvalue weighted by molar-refractivity contribution is 7.99. The van der Waals surface area contributed by atoms with Crippen LogP contribution in [0.25, 0.3) is 11.2 Å². The number of thioether (sulfide) groups is 1. The number of nitrogens with zero attached hydrogens (tertiary/aromatic N) is 3. The van der Waals surface area contributed by atoms with Crippen molar-refractivity contribution in [3.63, 3.8) is 0 Å². The fourth-order valence-corrected chi connectivity index (χ4v) is 3.50. The van der Waals surface area contributed by atoms with Crippen molar-refractivity contribution >= 4 is 28.8 Å². The van der Waals surface area contributed by atoms with Gasteiger partial charge in [-0.15, -0.1) is 0 Å². The Hall–Kier alpha value is -3.01. The molecule has 0 aliphatic heterocycles. The molecule has 0 saturated heterocycles. The van der Waals surface area contributed by atoms with E-state index in [4.69, 9.17) is 4.74 Å². The van der Waals surface area contributed by atoms with E-state index in [0.29, 0.717) is 18.1 Å². The Morgan fingerprint density at radius 3 is 2.75 bits per heavy atom. The minimum Gasteiger partial charge on any atom is -0.496 e. The number of benzene rings is 1. The maximum absolute atomic E-state index is 12.2. The second-order valence-corrected chi connectivity index (χ2v) is 7.11. The minimum atomic E-state index is -0.449. The third kappa shape index (κ3) is 3.96. The second-order valence-electron chi connectivity index (χ2n) is 6.15. The lowest BCUT2D eigenvalue weighted by molar-refractivity contribution is -0.118.